The zero-order chi connectivity index (χ0) is 14.7. The van der Waals surface area contributed by atoms with E-state index in [1.807, 2.05) is 0 Å². The fourth-order valence-electron chi connectivity index (χ4n) is 2.46. The second-order valence-electron chi connectivity index (χ2n) is 5.04. The summed E-state index contributed by atoms with van der Waals surface area (Å²) in [6.45, 7) is 1.83. The Morgan fingerprint density at radius 3 is 2.55 bits per heavy atom. The number of hydrogen-bond acceptors (Lipinski definition) is 3. The van der Waals surface area contributed by atoms with E-state index in [4.69, 9.17) is 10.5 Å². The molecule has 1 fully saturated rings. The van der Waals surface area contributed by atoms with Crippen molar-refractivity contribution in [3.63, 3.8) is 0 Å². The number of ether oxygens (including phenoxy) is 1. The molecule has 1 aromatic carbocycles. The van der Waals surface area contributed by atoms with Crippen molar-refractivity contribution >= 4 is 11.6 Å². The van der Waals surface area contributed by atoms with E-state index in [-0.39, 0.29) is 17.2 Å². The number of nitrogens with two attached hydrogens (primary N) is 1. The maximum absolute atomic E-state index is 13.2. The van der Waals surface area contributed by atoms with Crippen LogP contribution in [-0.4, -0.2) is 37.6 Å². The number of carbonyl (C=O) groups excluding carboxylic acids is 1. The van der Waals surface area contributed by atoms with Gasteiger partial charge in [0.2, 0.25) is 0 Å². The van der Waals surface area contributed by atoms with Gasteiger partial charge in [-0.15, -0.1) is 0 Å². The lowest BCUT2D eigenvalue weighted by Gasteiger charge is -2.32. The molecule has 1 heterocycles. The molecule has 0 saturated carbocycles. The standard InChI is InChI=1S/C14H18F2N2O2/c1-20-8-9-2-4-18(5-3-9)14(19)10-6-11(15)12(16)7-13(10)17/h6-7,9H,2-5,8,17H2,1H3. The summed E-state index contributed by atoms with van der Waals surface area (Å²) >= 11 is 0. The molecule has 1 aromatic rings. The van der Waals surface area contributed by atoms with Crippen molar-refractivity contribution in [1.29, 1.82) is 0 Å². The first-order valence-electron chi connectivity index (χ1n) is 6.55. The van der Waals surface area contributed by atoms with Crippen LogP contribution in [0.1, 0.15) is 23.2 Å². The number of carbonyl (C=O) groups is 1. The molecular weight excluding hydrogens is 266 g/mol. The van der Waals surface area contributed by atoms with E-state index < -0.39 is 11.6 Å². The van der Waals surface area contributed by atoms with E-state index >= 15 is 0 Å². The molecule has 4 nitrogen and oxygen atoms in total. The summed E-state index contributed by atoms with van der Waals surface area (Å²) in [5, 5.41) is 0. The zero-order valence-electron chi connectivity index (χ0n) is 11.4. The molecule has 1 aliphatic rings. The minimum atomic E-state index is -1.06. The van der Waals surface area contributed by atoms with Crippen molar-refractivity contribution < 1.29 is 18.3 Å². The minimum Gasteiger partial charge on any atom is -0.398 e. The fourth-order valence-corrected chi connectivity index (χ4v) is 2.46. The van der Waals surface area contributed by atoms with Crippen LogP contribution in [0.3, 0.4) is 0 Å². The number of halogens is 2. The zero-order valence-corrected chi connectivity index (χ0v) is 11.4. The third kappa shape index (κ3) is 3.07. The molecule has 0 aliphatic carbocycles. The van der Waals surface area contributed by atoms with Gasteiger partial charge in [-0.3, -0.25) is 4.79 Å². The molecule has 6 heteroatoms. The lowest BCUT2D eigenvalue weighted by atomic mass is 9.97. The van der Waals surface area contributed by atoms with Crippen LogP contribution in [0.5, 0.6) is 0 Å². The van der Waals surface area contributed by atoms with Crippen LogP contribution < -0.4 is 5.73 Å². The van der Waals surface area contributed by atoms with Crippen LogP contribution >= 0.6 is 0 Å². The Labute approximate surface area is 116 Å². The predicted octanol–water partition coefficient (Wildman–Crippen LogP) is 2.05. The van der Waals surface area contributed by atoms with Gasteiger partial charge in [0.05, 0.1) is 5.56 Å². The summed E-state index contributed by atoms with van der Waals surface area (Å²) in [5.41, 5.74) is 5.59. The number of piperidine rings is 1. The summed E-state index contributed by atoms with van der Waals surface area (Å²) < 4.78 is 31.3. The number of rotatable bonds is 3. The van der Waals surface area contributed by atoms with Gasteiger partial charge < -0.3 is 15.4 Å². The Morgan fingerprint density at radius 2 is 1.95 bits per heavy atom. The first-order chi connectivity index (χ1) is 9.52. The molecule has 0 bridgehead atoms. The Morgan fingerprint density at radius 1 is 1.35 bits per heavy atom. The Balaban J connectivity index is 2.07. The molecule has 2 rings (SSSR count). The Hall–Kier alpha value is -1.69. The van der Waals surface area contributed by atoms with Crippen LogP contribution in [0.25, 0.3) is 0 Å². The highest BCUT2D eigenvalue weighted by Gasteiger charge is 2.25. The van der Waals surface area contributed by atoms with Crippen molar-refractivity contribution in [2.45, 2.75) is 12.8 Å². The highest BCUT2D eigenvalue weighted by atomic mass is 19.2. The minimum absolute atomic E-state index is 0.0223. The fraction of sp³-hybridized carbons (Fsp3) is 0.500. The van der Waals surface area contributed by atoms with Gasteiger partial charge in [0.25, 0.3) is 5.91 Å². The first kappa shape index (κ1) is 14.7. The quantitative estimate of drug-likeness (QED) is 0.864. The average molecular weight is 284 g/mol. The van der Waals surface area contributed by atoms with Crippen LogP contribution in [-0.2, 0) is 4.74 Å². The Bertz CT molecular complexity index is 500. The van der Waals surface area contributed by atoms with E-state index in [1.54, 1.807) is 12.0 Å². The topological polar surface area (TPSA) is 55.6 Å². The molecule has 1 aliphatic heterocycles. The van der Waals surface area contributed by atoms with Crippen LogP contribution in [0.2, 0.25) is 0 Å². The van der Waals surface area contributed by atoms with Crippen molar-refractivity contribution in [1.82, 2.24) is 4.90 Å². The SMILES string of the molecule is COCC1CCN(C(=O)c2cc(F)c(F)cc2N)CC1. The van der Waals surface area contributed by atoms with Crippen LogP contribution in [0.4, 0.5) is 14.5 Å². The monoisotopic (exact) mass is 284 g/mol. The maximum Gasteiger partial charge on any atom is 0.256 e. The normalized spacial score (nSPS) is 16.4. The smallest absolute Gasteiger partial charge is 0.256 e. The summed E-state index contributed by atoms with van der Waals surface area (Å²) in [6, 6.07) is 1.72. The molecule has 2 N–H and O–H groups in total. The van der Waals surface area contributed by atoms with E-state index in [0.717, 1.165) is 25.0 Å². The molecule has 0 atom stereocenters. The van der Waals surface area contributed by atoms with E-state index in [9.17, 15) is 13.6 Å². The molecule has 0 aromatic heterocycles. The largest absolute Gasteiger partial charge is 0.398 e. The van der Waals surface area contributed by atoms with Gasteiger partial charge in [-0.2, -0.15) is 0 Å². The number of nitrogens with zero attached hydrogens (tertiary/aromatic N) is 1. The lowest BCUT2D eigenvalue weighted by molar-refractivity contribution is 0.0614. The van der Waals surface area contributed by atoms with E-state index in [2.05, 4.69) is 0 Å². The van der Waals surface area contributed by atoms with Gasteiger partial charge in [0.15, 0.2) is 11.6 Å². The first-order valence-corrected chi connectivity index (χ1v) is 6.55. The third-order valence-corrected chi connectivity index (χ3v) is 3.63. The summed E-state index contributed by atoms with van der Waals surface area (Å²) in [6.07, 6.45) is 1.67. The second-order valence-corrected chi connectivity index (χ2v) is 5.04. The highest BCUT2D eigenvalue weighted by Crippen LogP contribution is 2.23. The predicted molar refractivity (Wildman–Crippen MR) is 71.3 cm³/mol. The maximum atomic E-state index is 13.2. The van der Waals surface area contributed by atoms with Crippen LogP contribution in [0, 0.1) is 17.6 Å². The van der Waals surface area contributed by atoms with Gasteiger partial charge in [-0.25, -0.2) is 8.78 Å². The number of anilines is 1. The highest BCUT2D eigenvalue weighted by molar-refractivity contribution is 5.99. The third-order valence-electron chi connectivity index (χ3n) is 3.63. The Kier molecular flexibility index (Phi) is 4.54. The van der Waals surface area contributed by atoms with E-state index in [1.165, 1.54) is 0 Å². The molecule has 110 valence electrons. The van der Waals surface area contributed by atoms with Gasteiger partial charge >= 0.3 is 0 Å². The van der Waals surface area contributed by atoms with Crippen molar-refractivity contribution in [2.75, 3.05) is 32.5 Å². The molecule has 1 saturated heterocycles. The van der Waals surface area contributed by atoms with Crippen molar-refractivity contribution in [3.05, 3.63) is 29.3 Å². The van der Waals surface area contributed by atoms with Gasteiger partial charge in [0.1, 0.15) is 0 Å². The number of likely N-dealkylation sites (tertiary alicyclic amines) is 1. The van der Waals surface area contributed by atoms with Gasteiger partial charge in [0, 0.05) is 38.6 Å². The number of amides is 1. The number of benzene rings is 1. The molecular formula is C14H18F2N2O2. The molecule has 1 amide bonds. The second kappa shape index (κ2) is 6.17. The van der Waals surface area contributed by atoms with Crippen molar-refractivity contribution in [2.24, 2.45) is 5.92 Å². The van der Waals surface area contributed by atoms with Gasteiger partial charge in [-0.1, -0.05) is 0 Å². The molecule has 0 spiro atoms. The molecule has 0 radical (unpaired) electrons. The number of hydrogen-bond donors (Lipinski definition) is 1. The summed E-state index contributed by atoms with van der Waals surface area (Å²) in [7, 11) is 1.65. The van der Waals surface area contributed by atoms with Crippen molar-refractivity contribution in [3.8, 4) is 0 Å². The average Bonchev–Trinajstić information content (AvgIpc) is 2.43. The van der Waals surface area contributed by atoms with E-state index in [0.29, 0.717) is 25.6 Å². The lowest BCUT2D eigenvalue weighted by Crippen LogP contribution is -2.39. The summed E-state index contributed by atoms with van der Waals surface area (Å²) in [5.74, 6) is -2.02. The number of nitrogen functional groups attached to an aromatic ring is 1. The van der Waals surface area contributed by atoms with Crippen LogP contribution in [0.15, 0.2) is 12.1 Å². The van der Waals surface area contributed by atoms with Gasteiger partial charge in [-0.05, 0) is 24.8 Å². The molecule has 0 unspecified atom stereocenters. The number of methoxy groups -OCH3 is 1. The molecule has 20 heavy (non-hydrogen) atoms. The summed E-state index contributed by atoms with van der Waals surface area (Å²) in [4.78, 5) is 13.9.